The van der Waals surface area contributed by atoms with E-state index in [0.29, 0.717) is 12.1 Å². The SMILES string of the molecule is O=C(O)c1coc(CS(=O)(=O)c2cc(F)ccc2F)c1. The first-order valence-corrected chi connectivity index (χ1v) is 6.93. The van der Waals surface area contributed by atoms with E-state index in [9.17, 15) is 22.0 Å². The van der Waals surface area contributed by atoms with E-state index >= 15 is 0 Å². The van der Waals surface area contributed by atoms with Crippen LogP contribution in [0, 0.1) is 11.6 Å². The molecule has 8 heteroatoms. The summed E-state index contributed by atoms with van der Waals surface area (Å²) >= 11 is 0. The molecule has 20 heavy (non-hydrogen) atoms. The quantitative estimate of drug-likeness (QED) is 0.936. The van der Waals surface area contributed by atoms with Crippen molar-refractivity contribution in [1.29, 1.82) is 0 Å². The molecule has 1 aromatic carbocycles. The van der Waals surface area contributed by atoms with E-state index in [1.165, 1.54) is 0 Å². The first-order valence-electron chi connectivity index (χ1n) is 5.28. The van der Waals surface area contributed by atoms with E-state index in [2.05, 4.69) is 0 Å². The van der Waals surface area contributed by atoms with Crippen LogP contribution in [0.3, 0.4) is 0 Å². The molecule has 1 heterocycles. The van der Waals surface area contributed by atoms with Gasteiger partial charge in [-0.2, -0.15) is 0 Å². The summed E-state index contributed by atoms with van der Waals surface area (Å²) in [6.07, 6.45) is 0.870. The zero-order valence-electron chi connectivity index (χ0n) is 9.84. The van der Waals surface area contributed by atoms with E-state index in [1.54, 1.807) is 0 Å². The normalized spacial score (nSPS) is 11.5. The minimum atomic E-state index is -4.18. The molecular weight excluding hydrogens is 294 g/mol. The van der Waals surface area contributed by atoms with Gasteiger partial charge in [0.1, 0.15) is 34.3 Å². The maximum absolute atomic E-state index is 13.4. The van der Waals surface area contributed by atoms with Gasteiger partial charge >= 0.3 is 5.97 Å². The highest BCUT2D eigenvalue weighted by Gasteiger charge is 2.23. The second-order valence-electron chi connectivity index (χ2n) is 3.94. The molecule has 5 nitrogen and oxygen atoms in total. The van der Waals surface area contributed by atoms with Crippen LogP contribution in [-0.4, -0.2) is 19.5 Å². The van der Waals surface area contributed by atoms with Gasteiger partial charge in [-0.3, -0.25) is 0 Å². The fourth-order valence-electron chi connectivity index (χ4n) is 1.55. The number of sulfone groups is 1. The summed E-state index contributed by atoms with van der Waals surface area (Å²) in [6.45, 7) is 0. The van der Waals surface area contributed by atoms with Crippen molar-refractivity contribution in [3.05, 3.63) is 53.5 Å². The third kappa shape index (κ3) is 2.85. The smallest absolute Gasteiger partial charge is 0.338 e. The molecule has 106 valence electrons. The number of carbonyl (C=O) groups is 1. The Morgan fingerprint density at radius 3 is 2.55 bits per heavy atom. The highest BCUT2D eigenvalue weighted by molar-refractivity contribution is 7.90. The standard InChI is InChI=1S/C12H8F2O5S/c13-8-1-2-10(14)11(4-8)20(17,18)6-9-3-7(5-19-9)12(15)16/h1-5H,6H2,(H,15,16). The maximum Gasteiger partial charge on any atom is 0.338 e. The Morgan fingerprint density at radius 1 is 1.25 bits per heavy atom. The Labute approximate surface area is 112 Å². The molecule has 0 unspecified atom stereocenters. The van der Waals surface area contributed by atoms with Crippen molar-refractivity contribution in [2.75, 3.05) is 0 Å². The molecule has 0 bridgehead atoms. The lowest BCUT2D eigenvalue weighted by atomic mass is 10.3. The van der Waals surface area contributed by atoms with E-state index in [1.807, 2.05) is 0 Å². The molecule has 0 amide bonds. The number of halogens is 2. The first-order chi connectivity index (χ1) is 9.29. The van der Waals surface area contributed by atoms with Crippen molar-refractivity contribution in [3.63, 3.8) is 0 Å². The van der Waals surface area contributed by atoms with Crippen LogP contribution in [0.4, 0.5) is 8.78 Å². The highest BCUT2D eigenvalue weighted by Crippen LogP contribution is 2.21. The van der Waals surface area contributed by atoms with Gasteiger partial charge in [0, 0.05) is 0 Å². The zero-order valence-corrected chi connectivity index (χ0v) is 10.7. The fourth-order valence-corrected chi connectivity index (χ4v) is 2.89. The molecule has 0 spiro atoms. The average Bonchev–Trinajstić information content (AvgIpc) is 2.80. The summed E-state index contributed by atoms with van der Waals surface area (Å²) in [5.74, 6) is -4.20. The van der Waals surface area contributed by atoms with Crippen LogP contribution < -0.4 is 0 Å². The summed E-state index contributed by atoms with van der Waals surface area (Å²) in [6, 6.07) is 3.07. The predicted octanol–water partition coefficient (Wildman–Crippen LogP) is 2.23. The molecule has 0 saturated carbocycles. The van der Waals surface area contributed by atoms with Crippen molar-refractivity contribution in [1.82, 2.24) is 0 Å². The van der Waals surface area contributed by atoms with Crippen LogP contribution in [0.15, 0.2) is 39.8 Å². The molecule has 2 rings (SSSR count). The van der Waals surface area contributed by atoms with Gasteiger partial charge in [-0.15, -0.1) is 0 Å². The molecule has 0 radical (unpaired) electrons. The lowest BCUT2D eigenvalue weighted by Gasteiger charge is -2.04. The lowest BCUT2D eigenvalue weighted by Crippen LogP contribution is -2.07. The molecule has 0 aliphatic carbocycles. The average molecular weight is 302 g/mol. The number of benzene rings is 1. The fraction of sp³-hybridized carbons (Fsp3) is 0.0833. The minimum Gasteiger partial charge on any atom is -0.478 e. The van der Waals surface area contributed by atoms with Crippen molar-refractivity contribution in [3.8, 4) is 0 Å². The molecule has 0 saturated heterocycles. The molecule has 0 fully saturated rings. The van der Waals surface area contributed by atoms with Crippen molar-refractivity contribution < 1.29 is 31.5 Å². The summed E-state index contributed by atoms with van der Waals surface area (Å²) in [4.78, 5) is 9.83. The minimum absolute atomic E-state index is 0.175. The van der Waals surface area contributed by atoms with Crippen LogP contribution in [0.5, 0.6) is 0 Å². The topological polar surface area (TPSA) is 84.6 Å². The van der Waals surface area contributed by atoms with Crippen LogP contribution in [-0.2, 0) is 15.6 Å². The predicted molar refractivity (Wildman–Crippen MR) is 62.9 cm³/mol. The van der Waals surface area contributed by atoms with E-state index in [0.717, 1.165) is 18.4 Å². The summed E-state index contributed by atoms with van der Waals surface area (Å²) in [5.41, 5.74) is -0.227. The number of carboxylic acid groups (broad SMARTS) is 1. The Bertz CT molecular complexity index is 764. The van der Waals surface area contributed by atoms with Gasteiger partial charge in [0.15, 0.2) is 9.84 Å². The Morgan fingerprint density at radius 2 is 1.95 bits per heavy atom. The molecular formula is C12H8F2O5S. The first kappa shape index (κ1) is 14.2. The molecule has 0 aliphatic rings. The largest absolute Gasteiger partial charge is 0.478 e. The molecule has 1 N–H and O–H groups in total. The number of rotatable bonds is 4. The van der Waals surface area contributed by atoms with Gasteiger partial charge in [0.25, 0.3) is 0 Å². The third-order valence-corrected chi connectivity index (χ3v) is 4.11. The van der Waals surface area contributed by atoms with Gasteiger partial charge in [0.2, 0.25) is 0 Å². The Balaban J connectivity index is 2.35. The number of aromatic carboxylic acids is 1. The van der Waals surface area contributed by atoms with E-state index < -0.39 is 38.1 Å². The number of furan rings is 1. The number of hydrogen-bond donors (Lipinski definition) is 1. The summed E-state index contributed by atoms with van der Waals surface area (Å²) in [7, 11) is -4.18. The second kappa shape index (κ2) is 5.04. The van der Waals surface area contributed by atoms with E-state index in [-0.39, 0.29) is 11.3 Å². The lowest BCUT2D eigenvalue weighted by molar-refractivity contribution is 0.0696. The van der Waals surface area contributed by atoms with Crippen LogP contribution in [0.2, 0.25) is 0 Å². The van der Waals surface area contributed by atoms with Gasteiger partial charge in [-0.05, 0) is 24.3 Å². The maximum atomic E-state index is 13.4. The van der Waals surface area contributed by atoms with Gasteiger partial charge in [0.05, 0.1) is 5.56 Å². The Kier molecular flexibility index (Phi) is 3.58. The van der Waals surface area contributed by atoms with Crippen molar-refractivity contribution in [2.45, 2.75) is 10.6 Å². The Hall–Kier alpha value is -2.22. The van der Waals surface area contributed by atoms with Crippen LogP contribution in [0.25, 0.3) is 0 Å². The summed E-state index contributed by atoms with van der Waals surface area (Å²) < 4.78 is 55.1. The molecule has 2 aromatic rings. The number of carboxylic acids is 1. The van der Waals surface area contributed by atoms with Gasteiger partial charge in [-0.25, -0.2) is 22.0 Å². The highest BCUT2D eigenvalue weighted by atomic mass is 32.2. The van der Waals surface area contributed by atoms with Crippen LogP contribution >= 0.6 is 0 Å². The molecule has 1 aromatic heterocycles. The molecule has 0 aliphatic heterocycles. The summed E-state index contributed by atoms with van der Waals surface area (Å²) in [5, 5.41) is 8.67. The van der Waals surface area contributed by atoms with Crippen LogP contribution in [0.1, 0.15) is 16.1 Å². The number of hydrogen-bond acceptors (Lipinski definition) is 4. The second-order valence-corrected chi connectivity index (χ2v) is 5.90. The van der Waals surface area contributed by atoms with E-state index in [4.69, 9.17) is 9.52 Å². The monoisotopic (exact) mass is 302 g/mol. The zero-order chi connectivity index (χ0) is 14.9. The van der Waals surface area contributed by atoms with Gasteiger partial charge < -0.3 is 9.52 Å². The third-order valence-electron chi connectivity index (χ3n) is 2.46. The van der Waals surface area contributed by atoms with Crippen molar-refractivity contribution >= 4 is 15.8 Å². The molecule has 0 atom stereocenters. The van der Waals surface area contributed by atoms with Gasteiger partial charge in [-0.1, -0.05) is 0 Å². The van der Waals surface area contributed by atoms with Crippen molar-refractivity contribution in [2.24, 2.45) is 0 Å².